The second-order valence-electron chi connectivity index (χ2n) is 3.23. The molecule has 0 bridgehead atoms. The Labute approximate surface area is 114 Å². The predicted octanol–water partition coefficient (Wildman–Crippen LogP) is 2.47. The summed E-state index contributed by atoms with van der Waals surface area (Å²) >= 11 is 1.17. The van der Waals surface area contributed by atoms with E-state index >= 15 is 0 Å². The fraction of sp³-hybridized carbons (Fsp3) is 0.333. The molecule has 1 radical (unpaired) electrons. The van der Waals surface area contributed by atoms with E-state index in [2.05, 4.69) is 26.3 Å². The molecule has 0 fully saturated rings. The quantitative estimate of drug-likeness (QED) is 0.371. The fourth-order valence-electron chi connectivity index (χ4n) is 1.54. The zero-order chi connectivity index (χ0) is 12.2. The van der Waals surface area contributed by atoms with E-state index in [-0.39, 0.29) is 12.4 Å². The van der Waals surface area contributed by atoms with Gasteiger partial charge in [0.1, 0.15) is 0 Å². The minimum atomic E-state index is 0. The van der Waals surface area contributed by atoms with Gasteiger partial charge in [-0.2, -0.15) is 0 Å². The SMILES string of the molecule is C=CC[N+](CC=C)(CC=C)CC=C.Cl.[O]=[Al]. The Morgan fingerprint density at radius 2 is 0.938 bits per heavy atom. The van der Waals surface area contributed by atoms with Crippen molar-refractivity contribution < 1.29 is 8.29 Å². The number of hydrogen-bond acceptors (Lipinski definition) is 1. The van der Waals surface area contributed by atoms with Crippen molar-refractivity contribution in [3.8, 4) is 0 Å². The second kappa shape index (κ2) is 14.5. The van der Waals surface area contributed by atoms with E-state index < -0.39 is 0 Å². The molecule has 2 nitrogen and oxygen atoms in total. The van der Waals surface area contributed by atoms with Crippen LogP contribution < -0.4 is 0 Å². The molecule has 16 heavy (non-hydrogen) atoms. The molecular formula is C12H21AlClNO+. The van der Waals surface area contributed by atoms with E-state index in [1.165, 1.54) is 16.2 Å². The van der Waals surface area contributed by atoms with Crippen LogP contribution in [0.4, 0.5) is 0 Å². The maximum atomic E-state index is 8.17. The number of nitrogens with zero attached hydrogens (tertiary/aromatic N) is 1. The van der Waals surface area contributed by atoms with Crippen molar-refractivity contribution >= 4 is 28.6 Å². The van der Waals surface area contributed by atoms with Gasteiger partial charge >= 0.3 is 20.0 Å². The predicted molar refractivity (Wildman–Crippen MR) is 74.2 cm³/mol. The molecule has 0 aliphatic heterocycles. The van der Waals surface area contributed by atoms with Crippen LogP contribution in [0.1, 0.15) is 0 Å². The Morgan fingerprint density at radius 1 is 0.750 bits per heavy atom. The Morgan fingerprint density at radius 3 is 1.06 bits per heavy atom. The van der Waals surface area contributed by atoms with Crippen LogP contribution in [0, 0.1) is 0 Å². The molecule has 4 heteroatoms. The summed E-state index contributed by atoms with van der Waals surface area (Å²) in [6.07, 6.45) is 7.76. The van der Waals surface area contributed by atoms with E-state index in [4.69, 9.17) is 3.80 Å². The van der Waals surface area contributed by atoms with Crippen LogP contribution in [-0.2, 0) is 3.80 Å². The molecular weight excluding hydrogens is 237 g/mol. The topological polar surface area (TPSA) is 17.1 Å². The molecule has 0 aromatic heterocycles. The standard InChI is InChI=1S/C12H20N.Al.ClH.O/c1-5-9-13(10-6-2,11-7-3)12-8-4;;;/h5-8H,1-4,9-12H2;;1H;/q+1;;;. The van der Waals surface area contributed by atoms with Crippen molar-refractivity contribution in [3.63, 3.8) is 0 Å². The zero-order valence-electron chi connectivity index (χ0n) is 9.81. The molecule has 0 spiro atoms. The van der Waals surface area contributed by atoms with E-state index in [9.17, 15) is 0 Å². The maximum absolute atomic E-state index is 8.17. The third-order valence-electron chi connectivity index (χ3n) is 2.07. The van der Waals surface area contributed by atoms with Gasteiger partial charge in [-0.05, 0) is 24.3 Å². The molecule has 0 aliphatic carbocycles. The van der Waals surface area contributed by atoms with Crippen molar-refractivity contribution in [2.45, 2.75) is 0 Å². The first-order chi connectivity index (χ1) is 7.24. The number of rotatable bonds is 8. The first-order valence-corrected chi connectivity index (χ1v) is 5.24. The Balaban J connectivity index is -0.000000529. The fourth-order valence-corrected chi connectivity index (χ4v) is 1.54. The van der Waals surface area contributed by atoms with Gasteiger partial charge in [0.25, 0.3) is 0 Å². The Hall–Kier alpha value is -0.458. The first kappa shape index (κ1) is 20.9. The molecule has 0 amide bonds. The van der Waals surface area contributed by atoms with E-state index in [0.717, 1.165) is 30.7 Å². The molecule has 0 rings (SSSR count). The summed E-state index contributed by atoms with van der Waals surface area (Å²) in [7, 11) is 0. The van der Waals surface area contributed by atoms with E-state index in [1.807, 2.05) is 24.3 Å². The summed E-state index contributed by atoms with van der Waals surface area (Å²) in [5.41, 5.74) is 0. The molecule has 0 unspecified atom stereocenters. The summed E-state index contributed by atoms with van der Waals surface area (Å²) in [6, 6.07) is 0. The molecule has 0 aromatic rings. The number of quaternary nitrogens is 1. The van der Waals surface area contributed by atoms with Crippen molar-refractivity contribution in [1.29, 1.82) is 0 Å². The van der Waals surface area contributed by atoms with Gasteiger partial charge in [0, 0.05) is 0 Å². The molecule has 0 saturated carbocycles. The van der Waals surface area contributed by atoms with Crippen LogP contribution in [-0.4, -0.2) is 46.9 Å². The van der Waals surface area contributed by atoms with Gasteiger partial charge < -0.3 is 4.48 Å². The van der Waals surface area contributed by atoms with Gasteiger partial charge in [-0.3, -0.25) is 0 Å². The monoisotopic (exact) mass is 257 g/mol. The van der Waals surface area contributed by atoms with Crippen molar-refractivity contribution in [2.75, 3.05) is 26.2 Å². The zero-order valence-corrected chi connectivity index (χ0v) is 11.8. The van der Waals surface area contributed by atoms with Crippen LogP contribution in [0.5, 0.6) is 0 Å². The average Bonchev–Trinajstić information content (AvgIpc) is 2.22. The molecule has 0 saturated heterocycles. The third-order valence-corrected chi connectivity index (χ3v) is 2.07. The summed E-state index contributed by atoms with van der Waals surface area (Å²) in [5.74, 6) is 0. The molecule has 0 aliphatic rings. The molecule has 0 aromatic carbocycles. The molecule has 89 valence electrons. The third kappa shape index (κ3) is 8.82. The van der Waals surface area contributed by atoms with Crippen LogP contribution in [0.2, 0.25) is 0 Å². The summed E-state index contributed by atoms with van der Waals surface area (Å²) in [4.78, 5) is 0. The first-order valence-electron chi connectivity index (χ1n) is 4.77. The van der Waals surface area contributed by atoms with Crippen LogP contribution in [0.25, 0.3) is 0 Å². The summed E-state index contributed by atoms with van der Waals surface area (Å²) in [6.45, 7) is 18.8. The minimum absolute atomic E-state index is 0. The van der Waals surface area contributed by atoms with E-state index in [1.54, 1.807) is 0 Å². The Kier molecular flexibility index (Phi) is 19.0. The van der Waals surface area contributed by atoms with Crippen LogP contribution in [0.15, 0.2) is 50.6 Å². The van der Waals surface area contributed by atoms with E-state index in [0.29, 0.717) is 0 Å². The van der Waals surface area contributed by atoms with Gasteiger partial charge in [-0.1, -0.05) is 26.3 Å². The van der Waals surface area contributed by atoms with Gasteiger partial charge in [0.2, 0.25) is 0 Å². The van der Waals surface area contributed by atoms with Crippen molar-refractivity contribution in [3.05, 3.63) is 50.6 Å². The number of hydrogen-bond donors (Lipinski definition) is 0. The van der Waals surface area contributed by atoms with Crippen LogP contribution >= 0.6 is 12.4 Å². The molecule has 0 heterocycles. The van der Waals surface area contributed by atoms with Gasteiger partial charge in [-0.15, -0.1) is 12.4 Å². The van der Waals surface area contributed by atoms with Crippen molar-refractivity contribution in [2.24, 2.45) is 0 Å². The second-order valence-corrected chi connectivity index (χ2v) is 3.23. The summed E-state index contributed by atoms with van der Waals surface area (Å²) in [5, 5.41) is 0. The van der Waals surface area contributed by atoms with Gasteiger partial charge in [0.05, 0.1) is 26.2 Å². The normalized spacial score (nSPS) is 8.69. The van der Waals surface area contributed by atoms with Gasteiger partial charge in [-0.25, -0.2) is 0 Å². The number of halogens is 1. The van der Waals surface area contributed by atoms with Gasteiger partial charge in [0.15, 0.2) is 0 Å². The Bertz CT molecular complexity index is 174. The summed E-state index contributed by atoms with van der Waals surface area (Å²) < 4.78 is 9.07. The average molecular weight is 258 g/mol. The molecule has 0 N–H and O–H groups in total. The molecule has 0 atom stereocenters. The van der Waals surface area contributed by atoms with Crippen molar-refractivity contribution in [1.82, 2.24) is 0 Å². The van der Waals surface area contributed by atoms with Crippen LogP contribution in [0.3, 0.4) is 0 Å².